The Balaban J connectivity index is 2.07. The summed E-state index contributed by atoms with van der Waals surface area (Å²) in [5.74, 6) is 0.757. The molecule has 1 heterocycles. The Bertz CT molecular complexity index is 525. The normalized spacial score (nSPS) is 11.1. The molecule has 0 radical (unpaired) electrons. The Labute approximate surface area is 107 Å². The van der Waals surface area contributed by atoms with Crippen LogP contribution < -0.4 is 10.5 Å². The standard InChI is InChI=1S/C14H19N3O/c1-17(2)8-3-9-18-13-5-4-11-10-16-7-6-12(11)14(13)15/h4-7,10H,3,8-9,15H2,1-2H3. The molecule has 0 saturated carbocycles. The summed E-state index contributed by atoms with van der Waals surface area (Å²) in [7, 11) is 4.11. The fourth-order valence-corrected chi connectivity index (χ4v) is 1.86. The molecule has 0 aliphatic heterocycles. The van der Waals surface area contributed by atoms with E-state index in [-0.39, 0.29) is 0 Å². The van der Waals surface area contributed by atoms with Gasteiger partial charge in [0.1, 0.15) is 5.75 Å². The van der Waals surface area contributed by atoms with Gasteiger partial charge in [0.25, 0.3) is 0 Å². The molecule has 18 heavy (non-hydrogen) atoms. The molecular formula is C14H19N3O. The Morgan fingerprint density at radius 3 is 2.89 bits per heavy atom. The fraction of sp³-hybridized carbons (Fsp3) is 0.357. The molecule has 0 unspecified atom stereocenters. The number of pyridine rings is 1. The lowest BCUT2D eigenvalue weighted by Crippen LogP contribution is -2.15. The second-order valence-corrected chi connectivity index (χ2v) is 4.58. The molecule has 96 valence electrons. The van der Waals surface area contributed by atoms with Crippen LogP contribution in [0, 0.1) is 0 Å². The Kier molecular flexibility index (Phi) is 3.99. The molecule has 4 heteroatoms. The Morgan fingerprint density at radius 1 is 1.28 bits per heavy atom. The van der Waals surface area contributed by atoms with Gasteiger partial charge in [0.2, 0.25) is 0 Å². The van der Waals surface area contributed by atoms with Crippen LogP contribution in [0.3, 0.4) is 0 Å². The van der Waals surface area contributed by atoms with E-state index >= 15 is 0 Å². The summed E-state index contributed by atoms with van der Waals surface area (Å²) in [6, 6.07) is 5.81. The molecule has 1 aromatic heterocycles. The van der Waals surface area contributed by atoms with Crippen molar-refractivity contribution in [3.8, 4) is 5.75 Å². The minimum Gasteiger partial charge on any atom is -0.491 e. The van der Waals surface area contributed by atoms with Crippen LogP contribution in [0.4, 0.5) is 5.69 Å². The van der Waals surface area contributed by atoms with Crippen LogP contribution in [-0.2, 0) is 0 Å². The topological polar surface area (TPSA) is 51.4 Å². The summed E-state index contributed by atoms with van der Waals surface area (Å²) >= 11 is 0. The van der Waals surface area contributed by atoms with Gasteiger partial charge >= 0.3 is 0 Å². The van der Waals surface area contributed by atoms with Crippen molar-refractivity contribution in [3.63, 3.8) is 0 Å². The third-order valence-corrected chi connectivity index (χ3v) is 2.83. The first-order valence-electron chi connectivity index (χ1n) is 6.08. The van der Waals surface area contributed by atoms with Crippen LogP contribution in [0.25, 0.3) is 10.8 Å². The number of benzene rings is 1. The molecule has 4 nitrogen and oxygen atoms in total. The van der Waals surface area contributed by atoms with E-state index in [0.29, 0.717) is 12.3 Å². The number of fused-ring (bicyclic) bond motifs is 1. The van der Waals surface area contributed by atoms with E-state index in [9.17, 15) is 0 Å². The average Bonchev–Trinajstić information content (AvgIpc) is 2.37. The van der Waals surface area contributed by atoms with Gasteiger partial charge in [0.15, 0.2) is 0 Å². The van der Waals surface area contributed by atoms with Gasteiger partial charge in [0, 0.05) is 29.7 Å². The molecule has 0 amide bonds. The van der Waals surface area contributed by atoms with Gasteiger partial charge in [-0.2, -0.15) is 0 Å². The average molecular weight is 245 g/mol. The van der Waals surface area contributed by atoms with Crippen molar-refractivity contribution in [1.29, 1.82) is 0 Å². The molecule has 0 spiro atoms. The highest BCUT2D eigenvalue weighted by Gasteiger charge is 2.05. The molecule has 0 bridgehead atoms. The first kappa shape index (κ1) is 12.6. The van der Waals surface area contributed by atoms with E-state index in [2.05, 4.69) is 24.0 Å². The summed E-state index contributed by atoms with van der Waals surface area (Å²) < 4.78 is 5.72. The second kappa shape index (κ2) is 5.69. The number of aromatic nitrogens is 1. The molecular weight excluding hydrogens is 226 g/mol. The number of anilines is 1. The summed E-state index contributed by atoms with van der Waals surface area (Å²) in [5.41, 5.74) is 6.79. The lowest BCUT2D eigenvalue weighted by molar-refractivity contribution is 0.283. The fourth-order valence-electron chi connectivity index (χ4n) is 1.86. The van der Waals surface area contributed by atoms with Crippen LogP contribution in [0.2, 0.25) is 0 Å². The molecule has 0 aliphatic rings. The zero-order chi connectivity index (χ0) is 13.0. The van der Waals surface area contributed by atoms with Crippen LogP contribution in [0.15, 0.2) is 30.6 Å². The van der Waals surface area contributed by atoms with E-state index in [1.165, 1.54) is 0 Å². The van der Waals surface area contributed by atoms with Crippen molar-refractivity contribution < 1.29 is 4.74 Å². The molecule has 2 N–H and O–H groups in total. The highest BCUT2D eigenvalue weighted by molar-refractivity contribution is 5.95. The molecule has 2 aromatic rings. The van der Waals surface area contributed by atoms with E-state index in [1.54, 1.807) is 6.20 Å². The van der Waals surface area contributed by atoms with Gasteiger partial charge in [-0.25, -0.2) is 0 Å². The minimum atomic E-state index is 0.680. The molecule has 0 atom stereocenters. The maximum absolute atomic E-state index is 6.10. The number of ether oxygens (including phenoxy) is 1. The Morgan fingerprint density at radius 2 is 2.11 bits per heavy atom. The van der Waals surface area contributed by atoms with Crippen LogP contribution in [-0.4, -0.2) is 37.1 Å². The third kappa shape index (κ3) is 2.90. The van der Waals surface area contributed by atoms with Crippen LogP contribution in [0.5, 0.6) is 5.75 Å². The first-order chi connectivity index (χ1) is 8.68. The van der Waals surface area contributed by atoms with Crippen LogP contribution >= 0.6 is 0 Å². The number of hydrogen-bond donors (Lipinski definition) is 1. The van der Waals surface area contributed by atoms with Gasteiger partial charge in [0.05, 0.1) is 12.3 Å². The highest BCUT2D eigenvalue weighted by Crippen LogP contribution is 2.29. The largest absolute Gasteiger partial charge is 0.491 e. The predicted octanol–water partition coefficient (Wildman–Crippen LogP) is 2.15. The number of nitrogens with two attached hydrogens (primary N) is 1. The number of nitrogens with zero attached hydrogens (tertiary/aromatic N) is 2. The summed E-state index contributed by atoms with van der Waals surface area (Å²) in [4.78, 5) is 6.21. The first-order valence-corrected chi connectivity index (χ1v) is 6.08. The maximum Gasteiger partial charge on any atom is 0.142 e. The van der Waals surface area contributed by atoms with Crippen LogP contribution in [0.1, 0.15) is 6.42 Å². The summed E-state index contributed by atoms with van der Waals surface area (Å²) in [6.45, 7) is 1.69. The maximum atomic E-state index is 6.10. The second-order valence-electron chi connectivity index (χ2n) is 4.58. The highest BCUT2D eigenvalue weighted by atomic mass is 16.5. The van der Waals surface area contributed by atoms with Crippen molar-refractivity contribution in [2.24, 2.45) is 0 Å². The monoisotopic (exact) mass is 245 g/mol. The van der Waals surface area contributed by atoms with Gasteiger partial charge in [-0.3, -0.25) is 4.98 Å². The zero-order valence-corrected chi connectivity index (χ0v) is 10.9. The summed E-state index contributed by atoms with van der Waals surface area (Å²) in [5, 5.41) is 2.03. The van der Waals surface area contributed by atoms with E-state index in [0.717, 1.165) is 29.5 Å². The van der Waals surface area contributed by atoms with Crippen molar-refractivity contribution in [2.75, 3.05) is 33.0 Å². The summed E-state index contributed by atoms with van der Waals surface area (Å²) in [6.07, 6.45) is 4.54. The molecule has 0 aliphatic carbocycles. The number of rotatable bonds is 5. The van der Waals surface area contributed by atoms with Gasteiger partial charge < -0.3 is 15.4 Å². The van der Waals surface area contributed by atoms with E-state index in [4.69, 9.17) is 10.5 Å². The van der Waals surface area contributed by atoms with Gasteiger partial charge in [-0.15, -0.1) is 0 Å². The SMILES string of the molecule is CN(C)CCCOc1ccc2cnccc2c1N. The van der Waals surface area contributed by atoms with Crippen molar-refractivity contribution in [3.05, 3.63) is 30.6 Å². The zero-order valence-electron chi connectivity index (χ0n) is 10.9. The molecule has 0 saturated heterocycles. The number of hydrogen-bond acceptors (Lipinski definition) is 4. The van der Waals surface area contributed by atoms with Gasteiger partial charge in [-0.05, 0) is 38.7 Å². The van der Waals surface area contributed by atoms with Crippen molar-refractivity contribution in [2.45, 2.75) is 6.42 Å². The quantitative estimate of drug-likeness (QED) is 0.647. The lowest BCUT2D eigenvalue weighted by atomic mass is 10.1. The molecule has 0 fully saturated rings. The minimum absolute atomic E-state index is 0.680. The molecule has 1 aromatic carbocycles. The molecule has 2 rings (SSSR count). The number of nitrogen functional groups attached to an aromatic ring is 1. The predicted molar refractivity (Wildman–Crippen MR) is 74.8 cm³/mol. The smallest absolute Gasteiger partial charge is 0.142 e. The van der Waals surface area contributed by atoms with E-state index < -0.39 is 0 Å². The lowest BCUT2D eigenvalue weighted by Gasteiger charge is -2.12. The van der Waals surface area contributed by atoms with Gasteiger partial charge in [-0.1, -0.05) is 0 Å². The van der Waals surface area contributed by atoms with Crippen molar-refractivity contribution in [1.82, 2.24) is 9.88 Å². The third-order valence-electron chi connectivity index (χ3n) is 2.83. The Hall–Kier alpha value is -1.81. The van der Waals surface area contributed by atoms with Crippen molar-refractivity contribution >= 4 is 16.5 Å². The van der Waals surface area contributed by atoms with E-state index in [1.807, 2.05) is 24.4 Å².